The summed E-state index contributed by atoms with van der Waals surface area (Å²) in [7, 11) is 0. The van der Waals surface area contributed by atoms with E-state index in [0.29, 0.717) is 11.9 Å². The maximum Gasteiger partial charge on any atom is 0.233 e. The van der Waals surface area contributed by atoms with Crippen LogP contribution in [0.5, 0.6) is 0 Å². The van der Waals surface area contributed by atoms with Crippen molar-refractivity contribution in [2.75, 3.05) is 10.2 Å². The Morgan fingerprint density at radius 3 is 1.93 bits per heavy atom. The van der Waals surface area contributed by atoms with Crippen LogP contribution in [-0.2, 0) is 16.2 Å². The highest BCUT2D eigenvalue weighted by atomic mass is 32.2. The van der Waals surface area contributed by atoms with Crippen molar-refractivity contribution >= 4 is 52.1 Å². The lowest BCUT2D eigenvalue weighted by Gasteiger charge is -2.44. The van der Waals surface area contributed by atoms with E-state index in [0.717, 1.165) is 0 Å². The zero-order chi connectivity index (χ0) is 30.6. The minimum absolute atomic E-state index is 0.0737. The van der Waals surface area contributed by atoms with E-state index in [1.807, 2.05) is 0 Å². The van der Waals surface area contributed by atoms with E-state index in [1.54, 1.807) is 0 Å². The first kappa shape index (κ1) is 28.7. The van der Waals surface area contributed by atoms with Crippen LogP contribution in [0.4, 0.5) is 22.7 Å². The fraction of sp³-hybridized carbons (Fsp3) is 0.385. The van der Waals surface area contributed by atoms with Crippen LogP contribution in [0, 0.1) is 6.92 Å². The number of thioether (sulfide) groups is 1. The maximum atomic E-state index is 4.10. The van der Waals surface area contributed by atoms with Crippen LogP contribution in [0.2, 0.25) is 0 Å². The molecule has 7 rings (SSSR count). The summed E-state index contributed by atoms with van der Waals surface area (Å²) in [5, 5.41) is 4.49. The van der Waals surface area contributed by atoms with Gasteiger partial charge >= 0.3 is 0 Å². The SMILES string of the molecule is Cc1cc2c3c(c1)N(c1ccc(C(C)(C)C)cc1)c1ccc(C(C)(C)C)cc1B3C1Sc3ccc(C(C)(C)C)cc3C1N2. The highest BCUT2D eigenvalue weighted by Gasteiger charge is 2.51. The number of fused-ring (bicyclic) bond motifs is 6. The summed E-state index contributed by atoms with van der Waals surface area (Å²) in [6, 6.07) is 28.9. The lowest BCUT2D eigenvalue weighted by molar-refractivity contribution is 0.588. The minimum Gasteiger partial charge on any atom is -0.378 e. The number of nitrogens with zero attached hydrogens (tertiary/aromatic N) is 1. The van der Waals surface area contributed by atoms with E-state index in [4.69, 9.17) is 0 Å². The molecule has 0 aliphatic carbocycles. The Balaban J connectivity index is 1.46. The average Bonchev–Trinajstić information content (AvgIpc) is 3.28. The molecule has 0 saturated heterocycles. The molecule has 0 saturated carbocycles. The summed E-state index contributed by atoms with van der Waals surface area (Å²) in [6.45, 7) is 23.4. The summed E-state index contributed by atoms with van der Waals surface area (Å²) < 4.78 is 0. The van der Waals surface area contributed by atoms with Crippen molar-refractivity contribution in [3.63, 3.8) is 0 Å². The molecule has 0 aromatic heterocycles. The Morgan fingerprint density at radius 2 is 1.28 bits per heavy atom. The van der Waals surface area contributed by atoms with E-state index in [1.165, 1.54) is 66.4 Å². The third-order valence-electron chi connectivity index (χ3n) is 9.76. The second kappa shape index (κ2) is 9.45. The first-order chi connectivity index (χ1) is 20.1. The van der Waals surface area contributed by atoms with Crippen molar-refractivity contribution in [2.24, 2.45) is 0 Å². The van der Waals surface area contributed by atoms with Gasteiger partial charge in [-0.25, -0.2) is 0 Å². The predicted octanol–water partition coefficient (Wildman–Crippen LogP) is 9.46. The molecule has 0 bridgehead atoms. The first-order valence-corrected chi connectivity index (χ1v) is 16.8. The van der Waals surface area contributed by atoms with Crippen LogP contribution < -0.4 is 21.1 Å². The Hall–Kier alpha value is -3.11. The van der Waals surface area contributed by atoms with E-state index < -0.39 is 0 Å². The molecule has 220 valence electrons. The van der Waals surface area contributed by atoms with Crippen LogP contribution >= 0.6 is 11.8 Å². The molecule has 2 atom stereocenters. The lowest BCUT2D eigenvalue weighted by atomic mass is 9.33. The number of nitrogens with one attached hydrogen (secondary N) is 1. The second-order valence-corrected chi connectivity index (χ2v) is 17.3. The molecule has 2 nitrogen and oxygen atoms in total. The van der Waals surface area contributed by atoms with Crippen molar-refractivity contribution in [2.45, 2.75) is 102 Å². The number of aryl methyl sites for hydroxylation is 1. The van der Waals surface area contributed by atoms with Crippen molar-refractivity contribution in [3.8, 4) is 0 Å². The molecule has 0 radical (unpaired) electrons. The van der Waals surface area contributed by atoms with Crippen molar-refractivity contribution in [1.29, 1.82) is 0 Å². The quantitative estimate of drug-likeness (QED) is 0.224. The monoisotopic (exact) mass is 584 g/mol. The zero-order valence-corrected chi connectivity index (χ0v) is 28.3. The Labute approximate surface area is 263 Å². The highest BCUT2D eigenvalue weighted by Crippen LogP contribution is 2.52. The van der Waals surface area contributed by atoms with Crippen molar-refractivity contribution in [1.82, 2.24) is 0 Å². The molecule has 3 aliphatic heterocycles. The van der Waals surface area contributed by atoms with Gasteiger partial charge < -0.3 is 10.2 Å². The van der Waals surface area contributed by atoms with Crippen LogP contribution in [0.25, 0.3) is 0 Å². The summed E-state index contributed by atoms with van der Waals surface area (Å²) in [6.07, 6.45) is 0. The molecule has 43 heavy (non-hydrogen) atoms. The van der Waals surface area contributed by atoms with Gasteiger partial charge in [0, 0.05) is 32.8 Å². The first-order valence-electron chi connectivity index (χ1n) is 15.9. The molecule has 0 spiro atoms. The van der Waals surface area contributed by atoms with E-state index >= 15 is 0 Å². The molecule has 4 aromatic carbocycles. The zero-order valence-electron chi connectivity index (χ0n) is 27.5. The topological polar surface area (TPSA) is 15.3 Å². The number of hydrogen-bond donors (Lipinski definition) is 1. The number of benzene rings is 4. The van der Waals surface area contributed by atoms with E-state index in [-0.39, 0.29) is 22.3 Å². The smallest absolute Gasteiger partial charge is 0.233 e. The van der Waals surface area contributed by atoms with Gasteiger partial charge in [-0.3, -0.25) is 0 Å². The third kappa shape index (κ3) is 4.63. The highest BCUT2D eigenvalue weighted by molar-refractivity contribution is 8.02. The molecule has 4 aromatic rings. The number of rotatable bonds is 1. The summed E-state index contributed by atoms with van der Waals surface area (Å²) in [4.78, 5) is 3.96. The molecule has 0 amide bonds. The molecule has 3 heterocycles. The second-order valence-electron chi connectivity index (χ2n) is 16.1. The van der Waals surface area contributed by atoms with Crippen LogP contribution in [0.1, 0.15) is 96.2 Å². The molecule has 2 unspecified atom stereocenters. The minimum atomic E-state index is 0.0737. The van der Waals surface area contributed by atoms with Gasteiger partial charge in [-0.1, -0.05) is 98.7 Å². The average molecular weight is 585 g/mol. The van der Waals surface area contributed by atoms with E-state index in [2.05, 4.69) is 164 Å². The Kier molecular flexibility index (Phi) is 6.29. The van der Waals surface area contributed by atoms with Gasteiger partial charge in [-0.2, -0.15) is 0 Å². The fourth-order valence-corrected chi connectivity index (χ4v) is 8.77. The fourth-order valence-electron chi connectivity index (χ4n) is 7.24. The normalized spacial score (nSPS) is 18.9. The molecule has 3 aliphatic rings. The van der Waals surface area contributed by atoms with Crippen LogP contribution in [-0.4, -0.2) is 11.9 Å². The van der Waals surface area contributed by atoms with Gasteiger partial charge in [0.2, 0.25) is 6.71 Å². The molecular formula is C39H45BN2S. The maximum absolute atomic E-state index is 4.10. The molecule has 0 fully saturated rings. The van der Waals surface area contributed by atoms with E-state index in [9.17, 15) is 0 Å². The third-order valence-corrected chi connectivity index (χ3v) is 11.2. The molecule has 1 N–H and O–H groups in total. The van der Waals surface area contributed by atoms with Gasteiger partial charge in [-0.15, -0.1) is 11.8 Å². The summed E-state index contributed by atoms with van der Waals surface area (Å²) >= 11 is 2.08. The van der Waals surface area contributed by atoms with Gasteiger partial charge in [0.1, 0.15) is 0 Å². The number of anilines is 4. The van der Waals surface area contributed by atoms with Gasteiger partial charge in [0.15, 0.2) is 0 Å². The molecular weight excluding hydrogens is 539 g/mol. The standard InChI is InChI=1S/C39H45BN2S/c1-23-19-30-34-32(20-23)42(27-15-11-24(12-16-27)37(2,3)4)31-17-13-26(39(8,9)10)22-29(31)40(34)36-35(41-30)28-21-25(38(5,6)7)14-18-33(28)43-36/h11-22,35-36,41H,1-10H3. The Bertz CT molecular complexity index is 1750. The van der Waals surface area contributed by atoms with Crippen molar-refractivity contribution < 1.29 is 0 Å². The van der Waals surface area contributed by atoms with Gasteiger partial charge in [0.05, 0.1) is 6.04 Å². The Morgan fingerprint density at radius 1 is 0.674 bits per heavy atom. The van der Waals surface area contributed by atoms with Crippen LogP contribution in [0.15, 0.2) is 77.7 Å². The summed E-state index contributed by atoms with van der Waals surface area (Å²) in [5.41, 5.74) is 15.3. The lowest BCUT2D eigenvalue weighted by Crippen LogP contribution is -2.61. The predicted molar refractivity (Wildman–Crippen MR) is 189 cm³/mol. The summed E-state index contributed by atoms with van der Waals surface area (Å²) in [5.74, 6) is 0. The number of hydrogen-bond acceptors (Lipinski definition) is 3. The van der Waals surface area contributed by atoms with Crippen LogP contribution in [0.3, 0.4) is 0 Å². The van der Waals surface area contributed by atoms with Gasteiger partial charge in [-0.05, 0) is 98.3 Å². The largest absolute Gasteiger partial charge is 0.378 e. The molecule has 4 heteroatoms. The van der Waals surface area contributed by atoms with Crippen molar-refractivity contribution in [3.05, 3.63) is 101 Å². The van der Waals surface area contributed by atoms with Gasteiger partial charge in [0.25, 0.3) is 0 Å².